The fourth-order valence-corrected chi connectivity index (χ4v) is 2.13. The van der Waals surface area contributed by atoms with Gasteiger partial charge in [0.25, 0.3) is 0 Å². The van der Waals surface area contributed by atoms with E-state index in [0.717, 1.165) is 23.6 Å². The summed E-state index contributed by atoms with van der Waals surface area (Å²) in [6.45, 7) is 4.18. The molecule has 0 bridgehead atoms. The van der Waals surface area contributed by atoms with Crippen molar-refractivity contribution in [3.8, 4) is 0 Å². The maximum atomic E-state index is 10.8. The van der Waals surface area contributed by atoms with Gasteiger partial charge in [-0.3, -0.25) is 4.40 Å². The third-order valence-corrected chi connectivity index (χ3v) is 2.95. The van der Waals surface area contributed by atoms with Gasteiger partial charge in [-0.15, -0.1) is 10.2 Å². The molecule has 80 valence electrons. The number of nitrogens with zero attached hydrogens (tertiary/aromatic N) is 3. The first-order valence-corrected chi connectivity index (χ1v) is 5.46. The summed E-state index contributed by atoms with van der Waals surface area (Å²) in [5, 5.41) is 16.8. The molecule has 2 heterocycles. The second-order valence-corrected chi connectivity index (χ2v) is 4.78. The van der Waals surface area contributed by atoms with Crippen molar-refractivity contribution in [3.63, 3.8) is 0 Å². The molecule has 0 spiro atoms. The molecular formula is C9H11N3O2S. The minimum Gasteiger partial charge on any atom is -0.477 e. The lowest BCUT2D eigenvalue weighted by Gasteiger charge is -1.99. The van der Waals surface area contributed by atoms with E-state index in [1.165, 1.54) is 0 Å². The zero-order chi connectivity index (χ0) is 11.0. The summed E-state index contributed by atoms with van der Waals surface area (Å²) in [7, 11) is 0. The maximum Gasteiger partial charge on any atom is 0.347 e. The van der Waals surface area contributed by atoms with E-state index < -0.39 is 5.97 Å². The molecule has 0 fully saturated rings. The summed E-state index contributed by atoms with van der Waals surface area (Å²) in [5.41, 5.74) is 0. The molecule has 15 heavy (non-hydrogen) atoms. The fourth-order valence-electron chi connectivity index (χ4n) is 1.35. The van der Waals surface area contributed by atoms with E-state index in [1.54, 1.807) is 10.6 Å². The van der Waals surface area contributed by atoms with E-state index in [2.05, 4.69) is 24.0 Å². The third kappa shape index (κ3) is 1.85. The molecule has 0 aliphatic rings. The highest BCUT2D eigenvalue weighted by Gasteiger charge is 2.14. The molecular weight excluding hydrogens is 214 g/mol. The van der Waals surface area contributed by atoms with Crippen molar-refractivity contribution in [2.45, 2.75) is 20.3 Å². The van der Waals surface area contributed by atoms with Crippen LogP contribution in [0.2, 0.25) is 0 Å². The molecule has 0 atom stereocenters. The molecule has 0 saturated heterocycles. The van der Waals surface area contributed by atoms with Crippen molar-refractivity contribution in [2.24, 2.45) is 5.92 Å². The molecule has 5 nitrogen and oxygen atoms in total. The summed E-state index contributed by atoms with van der Waals surface area (Å²) in [6.07, 6.45) is 2.39. The summed E-state index contributed by atoms with van der Waals surface area (Å²) < 4.78 is 1.76. The van der Waals surface area contributed by atoms with Crippen LogP contribution in [0.4, 0.5) is 0 Å². The number of carboxylic acid groups (broad SMARTS) is 1. The molecule has 0 aromatic carbocycles. The van der Waals surface area contributed by atoms with E-state index in [0.29, 0.717) is 15.8 Å². The van der Waals surface area contributed by atoms with Gasteiger partial charge in [-0.1, -0.05) is 25.2 Å². The Kier molecular flexibility index (Phi) is 2.44. The number of rotatable bonds is 3. The first kappa shape index (κ1) is 10.1. The van der Waals surface area contributed by atoms with Gasteiger partial charge in [0.05, 0.1) is 0 Å². The van der Waals surface area contributed by atoms with Gasteiger partial charge in [-0.2, -0.15) is 0 Å². The molecule has 0 aliphatic carbocycles. The van der Waals surface area contributed by atoms with Crippen LogP contribution in [0.15, 0.2) is 6.20 Å². The second kappa shape index (κ2) is 3.62. The monoisotopic (exact) mass is 225 g/mol. The Balaban J connectivity index is 2.44. The molecule has 2 aromatic rings. The standard InChI is InChI=1S/C9H11N3O2S/c1-5(2)3-7-10-11-9-12(7)4-6(15-9)8(13)14/h4-5H,3H2,1-2H3,(H,13,14). The van der Waals surface area contributed by atoms with E-state index in [-0.39, 0.29) is 0 Å². The predicted molar refractivity (Wildman–Crippen MR) is 56.4 cm³/mol. The molecule has 6 heteroatoms. The number of aromatic carboxylic acids is 1. The third-order valence-electron chi connectivity index (χ3n) is 1.98. The number of carbonyl (C=O) groups is 1. The van der Waals surface area contributed by atoms with Crippen LogP contribution in [-0.2, 0) is 6.42 Å². The highest BCUT2D eigenvalue weighted by molar-refractivity contribution is 7.18. The van der Waals surface area contributed by atoms with Gasteiger partial charge in [-0.25, -0.2) is 4.79 Å². The molecule has 1 N–H and O–H groups in total. The van der Waals surface area contributed by atoms with Crippen LogP contribution in [0.5, 0.6) is 0 Å². The topological polar surface area (TPSA) is 67.5 Å². The van der Waals surface area contributed by atoms with Gasteiger partial charge >= 0.3 is 5.97 Å². The average Bonchev–Trinajstić information content (AvgIpc) is 2.66. The lowest BCUT2D eigenvalue weighted by molar-refractivity contribution is 0.0702. The Morgan fingerprint density at radius 1 is 1.60 bits per heavy atom. The molecule has 0 amide bonds. The zero-order valence-corrected chi connectivity index (χ0v) is 9.28. The van der Waals surface area contributed by atoms with Crippen LogP contribution in [0.1, 0.15) is 29.3 Å². The number of hydrogen-bond donors (Lipinski definition) is 1. The predicted octanol–water partition coefficient (Wildman–Crippen LogP) is 1.69. The number of aromatic nitrogens is 3. The van der Waals surface area contributed by atoms with E-state index in [1.807, 2.05) is 0 Å². The number of fused-ring (bicyclic) bond motifs is 1. The fraction of sp³-hybridized carbons (Fsp3) is 0.444. The summed E-state index contributed by atoms with van der Waals surface area (Å²) in [6, 6.07) is 0. The highest BCUT2D eigenvalue weighted by atomic mass is 32.1. The quantitative estimate of drug-likeness (QED) is 0.863. The molecule has 0 radical (unpaired) electrons. The molecule has 2 aromatic heterocycles. The molecule has 0 aliphatic heterocycles. The van der Waals surface area contributed by atoms with Gasteiger partial charge in [0.1, 0.15) is 10.7 Å². The normalized spacial score (nSPS) is 11.4. The number of thiazole rings is 1. The smallest absolute Gasteiger partial charge is 0.347 e. The molecule has 2 rings (SSSR count). The Labute approximate surface area is 90.4 Å². The summed E-state index contributed by atoms with van der Waals surface area (Å²) >= 11 is 1.14. The average molecular weight is 225 g/mol. The Morgan fingerprint density at radius 3 is 2.93 bits per heavy atom. The van der Waals surface area contributed by atoms with E-state index >= 15 is 0 Å². The lowest BCUT2D eigenvalue weighted by Crippen LogP contribution is -2.00. The summed E-state index contributed by atoms with van der Waals surface area (Å²) in [4.78, 5) is 11.7. The molecule has 0 saturated carbocycles. The minimum absolute atomic E-state index is 0.296. The Bertz CT molecular complexity index is 500. The zero-order valence-electron chi connectivity index (χ0n) is 8.47. The van der Waals surface area contributed by atoms with Crippen LogP contribution in [-0.4, -0.2) is 25.7 Å². The largest absolute Gasteiger partial charge is 0.477 e. The van der Waals surface area contributed by atoms with Gasteiger partial charge < -0.3 is 5.11 Å². The second-order valence-electron chi connectivity index (χ2n) is 3.77. The van der Waals surface area contributed by atoms with Gasteiger partial charge in [0.2, 0.25) is 4.96 Å². The Morgan fingerprint density at radius 2 is 2.33 bits per heavy atom. The van der Waals surface area contributed by atoms with Crippen LogP contribution in [0, 0.1) is 5.92 Å². The van der Waals surface area contributed by atoms with Crippen LogP contribution >= 0.6 is 11.3 Å². The van der Waals surface area contributed by atoms with Crippen molar-refractivity contribution < 1.29 is 9.90 Å². The first-order valence-electron chi connectivity index (χ1n) is 4.64. The van der Waals surface area contributed by atoms with Crippen molar-refractivity contribution in [1.29, 1.82) is 0 Å². The van der Waals surface area contributed by atoms with Crippen molar-refractivity contribution in [1.82, 2.24) is 14.6 Å². The molecule has 0 unspecified atom stereocenters. The van der Waals surface area contributed by atoms with Gasteiger partial charge in [-0.05, 0) is 5.92 Å². The van der Waals surface area contributed by atoms with Crippen molar-refractivity contribution in [2.75, 3.05) is 0 Å². The number of hydrogen-bond acceptors (Lipinski definition) is 4. The van der Waals surface area contributed by atoms with Crippen molar-refractivity contribution >= 4 is 22.3 Å². The Hall–Kier alpha value is -1.43. The van der Waals surface area contributed by atoms with Crippen LogP contribution in [0.25, 0.3) is 4.96 Å². The van der Waals surface area contributed by atoms with E-state index in [9.17, 15) is 4.79 Å². The van der Waals surface area contributed by atoms with E-state index in [4.69, 9.17) is 5.11 Å². The highest BCUT2D eigenvalue weighted by Crippen LogP contribution is 2.18. The lowest BCUT2D eigenvalue weighted by atomic mass is 10.1. The first-order chi connectivity index (χ1) is 7.08. The van der Waals surface area contributed by atoms with Crippen LogP contribution < -0.4 is 0 Å². The van der Waals surface area contributed by atoms with Gasteiger partial charge in [0, 0.05) is 12.6 Å². The van der Waals surface area contributed by atoms with Crippen molar-refractivity contribution in [3.05, 3.63) is 16.9 Å². The maximum absolute atomic E-state index is 10.8. The van der Waals surface area contributed by atoms with Gasteiger partial charge in [0.15, 0.2) is 0 Å². The number of carboxylic acids is 1. The minimum atomic E-state index is -0.916. The summed E-state index contributed by atoms with van der Waals surface area (Å²) in [5.74, 6) is 0.385. The SMILES string of the molecule is CC(C)Cc1nnc2sc(C(=O)O)cn12. The van der Waals surface area contributed by atoms with Crippen LogP contribution in [0.3, 0.4) is 0 Å².